The lowest BCUT2D eigenvalue weighted by molar-refractivity contribution is -0.314. The molecule has 8 atom stereocenters. The molecule has 1 aliphatic heterocycles. The van der Waals surface area contributed by atoms with Gasteiger partial charge in [-0.3, -0.25) is 0 Å². The first-order chi connectivity index (χ1) is 9.87. The summed E-state index contributed by atoms with van der Waals surface area (Å²) in [5.74, 6) is 0. The third-order valence-electron chi connectivity index (χ3n) is 3.19. The van der Waals surface area contributed by atoms with E-state index >= 15 is 0 Å². The van der Waals surface area contributed by atoms with E-state index in [9.17, 15) is 30.3 Å². The third kappa shape index (κ3) is 4.16. The first-order valence-electron chi connectivity index (χ1n) is 6.25. The lowest BCUT2D eigenvalue weighted by Crippen LogP contribution is -2.60. The fraction of sp³-hybridized carbons (Fsp3) is 0.909. The van der Waals surface area contributed by atoms with E-state index < -0.39 is 62.2 Å². The van der Waals surface area contributed by atoms with Gasteiger partial charge in [-0.25, -0.2) is 0 Å². The summed E-state index contributed by atoms with van der Waals surface area (Å²) in [5.41, 5.74) is 0. The monoisotopic (exact) mass is 312 g/mol. The number of aliphatic hydroxyl groups is 7. The van der Waals surface area contributed by atoms with Crippen molar-refractivity contribution in [2.45, 2.75) is 49.0 Å². The highest BCUT2D eigenvalue weighted by atomic mass is 16.7. The molecule has 7 N–H and O–H groups in total. The minimum atomic E-state index is -1.79. The second-order valence-electron chi connectivity index (χ2n) is 4.67. The molecule has 1 aliphatic rings. The van der Waals surface area contributed by atoms with Gasteiger partial charge in [-0.15, -0.1) is 0 Å². The maximum atomic E-state index is 10.9. The Hall–Kier alpha value is -0.690. The van der Waals surface area contributed by atoms with Gasteiger partial charge in [0.25, 0.3) is 0 Å². The smallest absolute Gasteiger partial charge is 0.187 e. The molecule has 0 spiro atoms. The van der Waals surface area contributed by atoms with Gasteiger partial charge in [-0.2, -0.15) is 0 Å². The number of hydrogen-bond acceptors (Lipinski definition) is 10. The van der Waals surface area contributed by atoms with Gasteiger partial charge in [0.1, 0.15) is 42.7 Å². The zero-order valence-corrected chi connectivity index (χ0v) is 11.0. The molecule has 1 saturated heterocycles. The highest BCUT2D eigenvalue weighted by molar-refractivity contribution is 5.57. The topological polar surface area (TPSA) is 177 Å². The number of aldehydes is 1. The van der Waals surface area contributed by atoms with Gasteiger partial charge in [0.15, 0.2) is 12.6 Å². The minimum absolute atomic E-state index is 0.116. The van der Waals surface area contributed by atoms with E-state index in [0.29, 0.717) is 0 Å². The van der Waals surface area contributed by atoms with Crippen LogP contribution in [0.25, 0.3) is 0 Å². The molecule has 0 aromatic heterocycles. The molecule has 21 heavy (non-hydrogen) atoms. The number of carbonyl (C=O) groups excluding carboxylic acids is 1. The average Bonchev–Trinajstić information content (AvgIpc) is 2.50. The van der Waals surface area contributed by atoms with Gasteiger partial charge in [0, 0.05) is 0 Å². The molecule has 0 saturated carbocycles. The summed E-state index contributed by atoms with van der Waals surface area (Å²) in [7, 11) is 0. The Morgan fingerprint density at radius 1 is 1.10 bits per heavy atom. The van der Waals surface area contributed by atoms with E-state index in [1.807, 2.05) is 0 Å². The molecule has 0 aliphatic carbocycles. The van der Waals surface area contributed by atoms with Crippen molar-refractivity contribution in [3.63, 3.8) is 0 Å². The molecular formula is C11H20O10. The van der Waals surface area contributed by atoms with Crippen molar-refractivity contribution in [1.82, 2.24) is 0 Å². The maximum Gasteiger partial charge on any atom is 0.187 e. The van der Waals surface area contributed by atoms with Crippen LogP contribution in [0.1, 0.15) is 0 Å². The van der Waals surface area contributed by atoms with Gasteiger partial charge >= 0.3 is 0 Å². The van der Waals surface area contributed by atoms with Crippen molar-refractivity contribution in [2.75, 3.05) is 13.2 Å². The van der Waals surface area contributed by atoms with E-state index in [1.54, 1.807) is 0 Å². The Morgan fingerprint density at radius 2 is 1.71 bits per heavy atom. The number of rotatable bonds is 7. The highest BCUT2D eigenvalue weighted by Gasteiger charge is 2.45. The van der Waals surface area contributed by atoms with E-state index in [0.717, 1.165) is 0 Å². The molecular weight excluding hydrogens is 292 g/mol. The first kappa shape index (κ1) is 18.4. The second kappa shape index (κ2) is 8.08. The molecule has 124 valence electrons. The van der Waals surface area contributed by atoms with Gasteiger partial charge in [-0.1, -0.05) is 0 Å². The van der Waals surface area contributed by atoms with Crippen LogP contribution >= 0.6 is 0 Å². The van der Waals surface area contributed by atoms with Crippen molar-refractivity contribution in [3.05, 3.63) is 0 Å². The zero-order chi connectivity index (χ0) is 16.2. The van der Waals surface area contributed by atoms with Crippen molar-refractivity contribution in [2.24, 2.45) is 0 Å². The summed E-state index contributed by atoms with van der Waals surface area (Å²) in [6.07, 6.45) is -12.9. The quantitative estimate of drug-likeness (QED) is 0.225. The fourth-order valence-corrected chi connectivity index (χ4v) is 1.85. The van der Waals surface area contributed by atoms with E-state index in [1.165, 1.54) is 0 Å². The predicted octanol–water partition coefficient (Wildman–Crippen LogP) is -4.92. The van der Waals surface area contributed by atoms with Crippen LogP contribution in [0.5, 0.6) is 0 Å². The minimum Gasteiger partial charge on any atom is -0.394 e. The lowest BCUT2D eigenvalue weighted by atomic mass is 9.99. The van der Waals surface area contributed by atoms with Crippen LogP contribution in [0.2, 0.25) is 0 Å². The number of aliphatic hydroxyl groups excluding tert-OH is 7. The molecule has 1 fully saturated rings. The lowest BCUT2D eigenvalue weighted by Gasteiger charge is -2.40. The van der Waals surface area contributed by atoms with E-state index in [4.69, 9.17) is 19.7 Å². The normalized spacial score (nSPS) is 37.8. The molecule has 0 aromatic rings. The Bertz CT molecular complexity index is 324. The maximum absolute atomic E-state index is 10.9. The third-order valence-corrected chi connectivity index (χ3v) is 3.19. The van der Waals surface area contributed by atoms with E-state index in [-0.39, 0.29) is 6.29 Å². The summed E-state index contributed by atoms with van der Waals surface area (Å²) in [5, 5.41) is 65.3. The molecule has 10 heteroatoms. The SMILES string of the molecule is O=C[C@H](OC1O[C@H](CO)[C@H](O)[C@H](O)[C@H]1O)[C@@H](O)[C@H](O)CO. The molecule has 0 aromatic carbocycles. The van der Waals surface area contributed by atoms with Crippen LogP contribution in [-0.4, -0.2) is 104 Å². The summed E-state index contributed by atoms with van der Waals surface area (Å²) in [6.45, 7) is -1.51. The summed E-state index contributed by atoms with van der Waals surface area (Å²) in [4.78, 5) is 10.9. The first-order valence-corrected chi connectivity index (χ1v) is 6.25. The molecule has 0 bridgehead atoms. The fourth-order valence-electron chi connectivity index (χ4n) is 1.85. The van der Waals surface area contributed by atoms with Crippen LogP contribution in [0.15, 0.2) is 0 Å². The molecule has 0 radical (unpaired) electrons. The average molecular weight is 312 g/mol. The Labute approximate surface area is 119 Å². The van der Waals surface area contributed by atoms with Gasteiger partial charge in [0.05, 0.1) is 13.2 Å². The molecule has 1 heterocycles. The van der Waals surface area contributed by atoms with Crippen LogP contribution in [0.4, 0.5) is 0 Å². The summed E-state index contributed by atoms with van der Waals surface area (Å²) < 4.78 is 9.92. The van der Waals surface area contributed by atoms with Crippen LogP contribution in [-0.2, 0) is 14.3 Å². The Morgan fingerprint density at radius 3 is 2.19 bits per heavy atom. The second-order valence-corrected chi connectivity index (χ2v) is 4.67. The Kier molecular flexibility index (Phi) is 7.06. The van der Waals surface area contributed by atoms with Gasteiger partial charge in [0.2, 0.25) is 0 Å². The molecule has 1 rings (SSSR count). The number of hydrogen-bond donors (Lipinski definition) is 7. The summed E-state index contributed by atoms with van der Waals surface area (Å²) >= 11 is 0. The number of carbonyl (C=O) groups is 1. The van der Waals surface area contributed by atoms with Crippen molar-refractivity contribution >= 4 is 6.29 Å². The van der Waals surface area contributed by atoms with Crippen molar-refractivity contribution in [1.29, 1.82) is 0 Å². The van der Waals surface area contributed by atoms with Gasteiger partial charge in [-0.05, 0) is 0 Å². The summed E-state index contributed by atoms with van der Waals surface area (Å²) in [6, 6.07) is 0. The van der Waals surface area contributed by atoms with Crippen LogP contribution < -0.4 is 0 Å². The predicted molar refractivity (Wildman–Crippen MR) is 63.8 cm³/mol. The number of ether oxygens (including phenoxy) is 2. The zero-order valence-electron chi connectivity index (χ0n) is 11.0. The molecule has 1 unspecified atom stereocenters. The molecule has 0 amide bonds. The van der Waals surface area contributed by atoms with Crippen LogP contribution in [0, 0.1) is 0 Å². The van der Waals surface area contributed by atoms with Crippen molar-refractivity contribution in [3.8, 4) is 0 Å². The van der Waals surface area contributed by atoms with Crippen molar-refractivity contribution < 1.29 is 50.0 Å². The van der Waals surface area contributed by atoms with Crippen LogP contribution in [0.3, 0.4) is 0 Å². The standard InChI is InChI=1S/C11H20O10/c12-1-4(15)7(16)5(2-13)20-11-10(19)9(18)8(17)6(3-14)21-11/h2,4-12,14-19H,1,3H2/t4-,5+,6-,7+,8+,9+,10-,11?/m1/s1. The molecule has 10 nitrogen and oxygen atoms in total. The van der Waals surface area contributed by atoms with E-state index in [2.05, 4.69) is 0 Å². The highest BCUT2D eigenvalue weighted by Crippen LogP contribution is 2.23. The Balaban J connectivity index is 2.76. The van der Waals surface area contributed by atoms with Gasteiger partial charge < -0.3 is 50.0 Å². The largest absolute Gasteiger partial charge is 0.394 e.